The summed E-state index contributed by atoms with van der Waals surface area (Å²) in [7, 11) is 0. The average molecular weight is 299 g/mol. The van der Waals surface area contributed by atoms with Crippen LogP contribution in [0.3, 0.4) is 0 Å². The normalized spacial score (nSPS) is 17.4. The standard InChI is InChI=1S/C11H17NO3.C5H12O/c1-3-15-11(14)9-4-6-10(7-5-9)12-8(2)13;1-3-5(6)4-2/h4,10H,3,5-7H2,1-2H3,(H,12,13);5-6H,3-4H2,1-2H3. The van der Waals surface area contributed by atoms with Crippen molar-refractivity contribution in [3.8, 4) is 0 Å². The monoisotopic (exact) mass is 299 g/mol. The fourth-order valence-electron chi connectivity index (χ4n) is 1.95. The van der Waals surface area contributed by atoms with E-state index < -0.39 is 0 Å². The molecule has 0 saturated heterocycles. The summed E-state index contributed by atoms with van der Waals surface area (Å²) in [6.45, 7) is 7.67. The number of hydrogen-bond acceptors (Lipinski definition) is 4. The maximum absolute atomic E-state index is 11.3. The molecule has 0 aromatic heterocycles. The van der Waals surface area contributed by atoms with Crippen molar-refractivity contribution in [2.24, 2.45) is 0 Å². The Bertz CT molecular complexity index is 348. The zero-order chi connectivity index (χ0) is 16.3. The van der Waals surface area contributed by atoms with Crippen LogP contribution >= 0.6 is 0 Å². The molecule has 0 aliphatic heterocycles. The van der Waals surface area contributed by atoms with Crippen LogP contribution in [0.2, 0.25) is 0 Å². The minimum absolute atomic E-state index is 0.0204. The summed E-state index contributed by atoms with van der Waals surface area (Å²) in [5.74, 6) is -0.244. The highest BCUT2D eigenvalue weighted by Crippen LogP contribution is 2.19. The fraction of sp³-hybridized carbons (Fsp3) is 0.750. The first-order valence-corrected chi connectivity index (χ1v) is 7.75. The maximum Gasteiger partial charge on any atom is 0.333 e. The Morgan fingerprint density at radius 2 is 2.00 bits per heavy atom. The molecule has 2 N–H and O–H groups in total. The number of aliphatic hydroxyl groups is 1. The first-order valence-electron chi connectivity index (χ1n) is 7.75. The number of ether oxygens (including phenoxy) is 1. The Balaban J connectivity index is 0.000000567. The molecular formula is C16H29NO4. The van der Waals surface area contributed by atoms with Crippen LogP contribution in [-0.2, 0) is 14.3 Å². The van der Waals surface area contributed by atoms with E-state index in [9.17, 15) is 9.59 Å². The molecule has 1 aliphatic rings. The second-order valence-corrected chi connectivity index (χ2v) is 5.09. The summed E-state index contributed by atoms with van der Waals surface area (Å²) < 4.78 is 4.90. The van der Waals surface area contributed by atoms with E-state index in [-0.39, 0.29) is 24.0 Å². The second-order valence-electron chi connectivity index (χ2n) is 5.09. The third-order valence-corrected chi connectivity index (χ3v) is 3.30. The van der Waals surface area contributed by atoms with Gasteiger partial charge in [0.1, 0.15) is 0 Å². The van der Waals surface area contributed by atoms with E-state index in [1.54, 1.807) is 6.92 Å². The number of amides is 1. The Hall–Kier alpha value is -1.36. The quantitative estimate of drug-likeness (QED) is 0.764. The van der Waals surface area contributed by atoms with E-state index >= 15 is 0 Å². The van der Waals surface area contributed by atoms with Gasteiger partial charge in [-0.3, -0.25) is 4.79 Å². The van der Waals surface area contributed by atoms with E-state index in [1.165, 1.54) is 6.92 Å². The van der Waals surface area contributed by atoms with Crippen LogP contribution in [0.15, 0.2) is 11.6 Å². The maximum atomic E-state index is 11.3. The Labute approximate surface area is 127 Å². The molecule has 0 bridgehead atoms. The smallest absolute Gasteiger partial charge is 0.333 e. The molecule has 122 valence electrons. The number of hydrogen-bond donors (Lipinski definition) is 2. The van der Waals surface area contributed by atoms with Crippen molar-refractivity contribution < 1.29 is 19.4 Å². The Morgan fingerprint density at radius 3 is 2.33 bits per heavy atom. The van der Waals surface area contributed by atoms with Gasteiger partial charge >= 0.3 is 5.97 Å². The van der Waals surface area contributed by atoms with Gasteiger partial charge in [0.25, 0.3) is 0 Å². The summed E-state index contributed by atoms with van der Waals surface area (Å²) in [5.41, 5.74) is 0.735. The second kappa shape index (κ2) is 11.3. The molecule has 0 spiro atoms. The van der Waals surface area contributed by atoms with Gasteiger partial charge in [-0.2, -0.15) is 0 Å². The lowest BCUT2D eigenvalue weighted by Crippen LogP contribution is -2.34. The van der Waals surface area contributed by atoms with Crippen LogP contribution in [0.5, 0.6) is 0 Å². The lowest BCUT2D eigenvalue weighted by atomic mass is 9.95. The van der Waals surface area contributed by atoms with Gasteiger partial charge in [0.15, 0.2) is 0 Å². The van der Waals surface area contributed by atoms with E-state index in [0.717, 1.165) is 24.8 Å². The van der Waals surface area contributed by atoms with Gasteiger partial charge in [0.05, 0.1) is 12.7 Å². The molecule has 1 aliphatic carbocycles. The molecule has 1 atom stereocenters. The van der Waals surface area contributed by atoms with Crippen LogP contribution in [0.25, 0.3) is 0 Å². The van der Waals surface area contributed by atoms with Gasteiger partial charge in [0, 0.05) is 18.5 Å². The van der Waals surface area contributed by atoms with Crippen LogP contribution in [-0.4, -0.2) is 35.7 Å². The van der Waals surface area contributed by atoms with Crippen molar-refractivity contribution >= 4 is 11.9 Å². The van der Waals surface area contributed by atoms with Crippen LogP contribution < -0.4 is 5.32 Å². The van der Waals surface area contributed by atoms with Crippen LogP contribution in [0.1, 0.15) is 59.8 Å². The van der Waals surface area contributed by atoms with Crippen LogP contribution in [0, 0.1) is 0 Å². The summed E-state index contributed by atoms with van der Waals surface area (Å²) in [5, 5.41) is 11.5. The highest BCUT2D eigenvalue weighted by Gasteiger charge is 2.19. The molecule has 0 heterocycles. The summed E-state index contributed by atoms with van der Waals surface area (Å²) in [4.78, 5) is 22.2. The topological polar surface area (TPSA) is 75.6 Å². The lowest BCUT2D eigenvalue weighted by molar-refractivity contribution is -0.138. The highest BCUT2D eigenvalue weighted by molar-refractivity contribution is 5.88. The minimum atomic E-state index is -0.223. The number of rotatable bonds is 5. The van der Waals surface area contributed by atoms with Gasteiger partial charge in [-0.05, 0) is 39.0 Å². The molecule has 0 radical (unpaired) electrons. The third kappa shape index (κ3) is 9.24. The molecule has 0 aromatic rings. The first-order chi connectivity index (χ1) is 9.94. The van der Waals surface area contributed by atoms with Crippen molar-refractivity contribution in [1.29, 1.82) is 0 Å². The molecule has 1 amide bonds. The van der Waals surface area contributed by atoms with Gasteiger partial charge < -0.3 is 15.2 Å². The number of carbonyl (C=O) groups is 2. The lowest BCUT2D eigenvalue weighted by Gasteiger charge is -2.21. The van der Waals surface area contributed by atoms with Crippen molar-refractivity contribution in [1.82, 2.24) is 5.32 Å². The number of aliphatic hydroxyl groups excluding tert-OH is 1. The molecule has 5 nitrogen and oxygen atoms in total. The predicted octanol–water partition coefficient (Wildman–Crippen LogP) is 2.33. The molecular weight excluding hydrogens is 270 g/mol. The van der Waals surface area contributed by atoms with E-state index in [1.807, 2.05) is 19.9 Å². The predicted molar refractivity (Wildman–Crippen MR) is 82.8 cm³/mol. The minimum Gasteiger partial charge on any atom is -0.463 e. The summed E-state index contributed by atoms with van der Waals surface area (Å²) in [6, 6.07) is 0.167. The number of carbonyl (C=O) groups excluding carboxylic acids is 2. The van der Waals surface area contributed by atoms with Crippen molar-refractivity contribution in [2.75, 3.05) is 6.61 Å². The fourth-order valence-corrected chi connectivity index (χ4v) is 1.95. The molecule has 1 rings (SSSR count). The van der Waals surface area contributed by atoms with Crippen LogP contribution in [0.4, 0.5) is 0 Å². The zero-order valence-electron chi connectivity index (χ0n) is 13.6. The van der Waals surface area contributed by atoms with E-state index in [2.05, 4.69) is 5.32 Å². The van der Waals surface area contributed by atoms with Crippen molar-refractivity contribution in [3.63, 3.8) is 0 Å². The Morgan fingerprint density at radius 1 is 1.38 bits per heavy atom. The Kier molecular flexibility index (Phi) is 10.6. The van der Waals surface area contributed by atoms with Gasteiger partial charge in [0.2, 0.25) is 5.91 Å². The average Bonchev–Trinajstić information content (AvgIpc) is 2.47. The summed E-state index contributed by atoms with van der Waals surface area (Å²) >= 11 is 0. The molecule has 0 saturated carbocycles. The number of esters is 1. The van der Waals surface area contributed by atoms with Gasteiger partial charge in [-0.25, -0.2) is 4.79 Å². The molecule has 5 heteroatoms. The molecule has 0 aromatic carbocycles. The summed E-state index contributed by atoms with van der Waals surface area (Å²) in [6.07, 6.45) is 5.78. The zero-order valence-corrected chi connectivity index (χ0v) is 13.6. The van der Waals surface area contributed by atoms with Gasteiger partial charge in [-0.15, -0.1) is 0 Å². The highest BCUT2D eigenvalue weighted by atomic mass is 16.5. The molecule has 21 heavy (non-hydrogen) atoms. The number of nitrogens with one attached hydrogen (secondary N) is 1. The van der Waals surface area contributed by atoms with Crippen molar-refractivity contribution in [2.45, 2.75) is 71.9 Å². The molecule has 0 fully saturated rings. The van der Waals surface area contributed by atoms with E-state index in [0.29, 0.717) is 19.4 Å². The van der Waals surface area contributed by atoms with Crippen molar-refractivity contribution in [3.05, 3.63) is 11.6 Å². The van der Waals surface area contributed by atoms with E-state index in [4.69, 9.17) is 9.84 Å². The SMILES string of the molecule is CCC(O)CC.CCOC(=O)C1=CCC(NC(C)=O)CC1. The third-order valence-electron chi connectivity index (χ3n) is 3.30. The first kappa shape index (κ1) is 19.6. The van der Waals surface area contributed by atoms with Gasteiger partial charge in [-0.1, -0.05) is 19.9 Å². The molecule has 1 unspecified atom stereocenters. The largest absolute Gasteiger partial charge is 0.463 e.